The lowest BCUT2D eigenvalue weighted by atomic mass is 9.58. The molecular weight excluding hydrogens is 212 g/mol. The van der Waals surface area contributed by atoms with Crippen LogP contribution in [0, 0.1) is 17.3 Å². The Morgan fingerprint density at radius 3 is 2.76 bits per heavy atom. The zero-order chi connectivity index (χ0) is 12.2. The van der Waals surface area contributed by atoms with Crippen LogP contribution in [0.25, 0.3) is 0 Å². The highest BCUT2D eigenvalue weighted by atomic mass is 16.3. The molecule has 2 nitrogen and oxygen atoms in total. The van der Waals surface area contributed by atoms with E-state index in [1.807, 2.05) is 6.92 Å². The van der Waals surface area contributed by atoms with Crippen molar-refractivity contribution >= 4 is 5.78 Å². The van der Waals surface area contributed by atoms with Crippen LogP contribution in [0.3, 0.4) is 0 Å². The number of carbonyl (C=O) groups excluding carboxylic acids is 1. The summed E-state index contributed by atoms with van der Waals surface area (Å²) in [5, 5.41) is 10.2. The predicted octanol–water partition coefficient (Wildman–Crippen LogP) is 2.85. The minimum atomic E-state index is -0.119. The number of allylic oxidation sites excluding steroid dienone is 2. The van der Waals surface area contributed by atoms with Gasteiger partial charge in [-0.2, -0.15) is 0 Å². The molecule has 0 spiro atoms. The van der Waals surface area contributed by atoms with E-state index in [2.05, 4.69) is 6.92 Å². The maximum Gasteiger partial charge on any atom is 0.158 e. The molecule has 2 saturated carbocycles. The van der Waals surface area contributed by atoms with Crippen molar-refractivity contribution in [3.63, 3.8) is 0 Å². The third-order valence-electron chi connectivity index (χ3n) is 5.81. The van der Waals surface area contributed by atoms with Crippen LogP contribution in [0.4, 0.5) is 0 Å². The molecule has 3 aliphatic carbocycles. The average molecular weight is 234 g/mol. The number of hydrogen-bond donors (Lipinski definition) is 1. The number of carbonyl (C=O) groups is 1. The van der Waals surface area contributed by atoms with E-state index < -0.39 is 0 Å². The zero-order valence-electron chi connectivity index (χ0n) is 10.8. The zero-order valence-corrected chi connectivity index (χ0v) is 10.8. The number of fused-ring (bicyclic) bond motifs is 3. The highest BCUT2D eigenvalue weighted by molar-refractivity contribution is 5.96. The molecule has 0 amide bonds. The lowest BCUT2D eigenvalue weighted by Crippen LogP contribution is -2.42. The lowest BCUT2D eigenvalue weighted by Gasteiger charge is -2.46. The smallest absolute Gasteiger partial charge is 0.158 e. The Labute approximate surface area is 103 Å². The second-order valence-electron chi connectivity index (χ2n) is 6.42. The van der Waals surface area contributed by atoms with E-state index >= 15 is 0 Å². The van der Waals surface area contributed by atoms with Crippen molar-refractivity contribution in [3.05, 3.63) is 11.1 Å². The molecule has 2 fully saturated rings. The Bertz CT molecular complexity index is 396. The van der Waals surface area contributed by atoms with Crippen LogP contribution in [0.5, 0.6) is 0 Å². The van der Waals surface area contributed by atoms with Crippen molar-refractivity contribution in [2.45, 2.75) is 58.5 Å². The average Bonchev–Trinajstić information content (AvgIpc) is 2.61. The van der Waals surface area contributed by atoms with Gasteiger partial charge in [0.05, 0.1) is 6.10 Å². The van der Waals surface area contributed by atoms with Crippen molar-refractivity contribution < 1.29 is 9.90 Å². The van der Waals surface area contributed by atoms with Crippen LogP contribution >= 0.6 is 0 Å². The standard InChI is InChI=1S/C15H22O2/c1-9-10-7-8-15(2)12(4-6-14(15)17)11(10)3-5-13(9)16/h11-12,14,17H,3-8H2,1-2H3/t11?,12?,14-,15-/m0/s1. The van der Waals surface area contributed by atoms with E-state index in [0.29, 0.717) is 17.6 Å². The van der Waals surface area contributed by atoms with Gasteiger partial charge < -0.3 is 5.11 Å². The summed E-state index contributed by atoms with van der Waals surface area (Å²) in [6.45, 7) is 4.27. The Kier molecular flexibility index (Phi) is 2.48. The van der Waals surface area contributed by atoms with Crippen LogP contribution in [0.15, 0.2) is 11.1 Å². The van der Waals surface area contributed by atoms with Crippen molar-refractivity contribution in [1.82, 2.24) is 0 Å². The predicted molar refractivity (Wildman–Crippen MR) is 66.5 cm³/mol. The molecule has 3 aliphatic rings. The number of aliphatic hydroxyl groups excluding tert-OH is 1. The molecule has 0 aromatic heterocycles. The fourth-order valence-electron chi connectivity index (χ4n) is 4.58. The van der Waals surface area contributed by atoms with E-state index in [0.717, 1.165) is 44.1 Å². The highest BCUT2D eigenvalue weighted by Crippen LogP contribution is 2.58. The number of ketones is 1. The van der Waals surface area contributed by atoms with E-state index in [9.17, 15) is 9.90 Å². The second-order valence-corrected chi connectivity index (χ2v) is 6.42. The molecule has 2 heteroatoms. The van der Waals surface area contributed by atoms with Crippen molar-refractivity contribution in [3.8, 4) is 0 Å². The lowest BCUT2D eigenvalue weighted by molar-refractivity contribution is -0.117. The van der Waals surface area contributed by atoms with Crippen molar-refractivity contribution in [2.75, 3.05) is 0 Å². The van der Waals surface area contributed by atoms with Crippen molar-refractivity contribution in [1.29, 1.82) is 0 Å². The third kappa shape index (κ3) is 1.46. The maximum absolute atomic E-state index is 11.8. The first kappa shape index (κ1) is 11.5. The molecular formula is C15H22O2. The van der Waals surface area contributed by atoms with Crippen LogP contribution < -0.4 is 0 Å². The normalized spacial score (nSPS) is 45.8. The van der Waals surface area contributed by atoms with Crippen LogP contribution in [-0.2, 0) is 4.79 Å². The maximum atomic E-state index is 11.8. The Morgan fingerprint density at radius 2 is 2.00 bits per heavy atom. The number of hydrogen-bond acceptors (Lipinski definition) is 2. The van der Waals surface area contributed by atoms with E-state index in [1.54, 1.807) is 0 Å². The first-order valence-electron chi connectivity index (χ1n) is 6.95. The molecule has 0 aromatic rings. The van der Waals surface area contributed by atoms with Gasteiger partial charge in [0.15, 0.2) is 5.78 Å². The largest absolute Gasteiger partial charge is 0.393 e. The van der Waals surface area contributed by atoms with E-state index in [4.69, 9.17) is 0 Å². The summed E-state index contributed by atoms with van der Waals surface area (Å²) in [6, 6.07) is 0. The summed E-state index contributed by atoms with van der Waals surface area (Å²) >= 11 is 0. The summed E-state index contributed by atoms with van der Waals surface area (Å²) < 4.78 is 0. The minimum absolute atomic E-state index is 0.119. The van der Waals surface area contributed by atoms with Gasteiger partial charge in [0.25, 0.3) is 0 Å². The summed E-state index contributed by atoms with van der Waals surface area (Å²) in [4.78, 5) is 11.8. The molecule has 0 radical (unpaired) electrons. The van der Waals surface area contributed by atoms with E-state index in [-0.39, 0.29) is 11.5 Å². The van der Waals surface area contributed by atoms with Gasteiger partial charge in [-0.1, -0.05) is 12.5 Å². The van der Waals surface area contributed by atoms with Crippen LogP contribution in [0.1, 0.15) is 52.4 Å². The molecule has 2 unspecified atom stereocenters. The summed E-state index contributed by atoms with van der Waals surface area (Å²) in [5.41, 5.74) is 2.59. The Morgan fingerprint density at radius 1 is 1.24 bits per heavy atom. The third-order valence-corrected chi connectivity index (χ3v) is 5.81. The number of rotatable bonds is 0. The van der Waals surface area contributed by atoms with Gasteiger partial charge >= 0.3 is 0 Å². The van der Waals surface area contributed by atoms with Gasteiger partial charge in [-0.15, -0.1) is 0 Å². The molecule has 4 atom stereocenters. The van der Waals surface area contributed by atoms with Gasteiger partial charge in [0.1, 0.15) is 0 Å². The molecule has 17 heavy (non-hydrogen) atoms. The SMILES string of the molecule is CC1=C2CC[C@@]3(C)C(CC[C@@H]3O)C2CCC1=O. The highest BCUT2D eigenvalue weighted by Gasteiger charge is 2.52. The van der Waals surface area contributed by atoms with Gasteiger partial charge in [-0.3, -0.25) is 4.79 Å². The van der Waals surface area contributed by atoms with Gasteiger partial charge in [-0.25, -0.2) is 0 Å². The van der Waals surface area contributed by atoms with Gasteiger partial charge in [-0.05, 0) is 61.9 Å². The first-order valence-corrected chi connectivity index (χ1v) is 6.95. The summed E-state index contributed by atoms with van der Waals surface area (Å²) in [7, 11) is 0. The molecule has 0 aromatic carbocycles. The van der Waals surface area contributed by atoms with E-state index in [1.165, 1.54) is 5.57 Å². The fraction of sp³-hybridized carbons (Fsp3) is 0.800. The fourth-order valence-corrected chi connectivity index (χ4v) is 4.58. The van der Waals surface area contributed by atoms with Crippen LogP contribution in [0.2, 0.25) is 0 Å². The topological polar surface area (TPSA) is 37.3 Å². The quantitative estimate of drug-likeness (QED) is 0.699. The molecule has 3 rings (SSSR count). The molecule has 0 aliphatic heterocycles. The Hall–Kier alpha value is -0.630. The first-order chi connectivity index (χ1) is 8.04. The van der Waals surface area contributed by atoms with Crippen molar-refractivity contribution in [2.24, 2.45) is 17.3 Å². The molecule has 94 valence electrons. The minimum Gasteiger partial charge on any atom is -0.393 e. The van der Waals surface area contributed by atoms with Crippen LogP contribution in [-0.4, -0.2) is 17.0 Å². The van der Waals surface area contributed by atoms with Gasteiger partial charge in [0.2, 0.25) is 0 Å². The molecule has 1 N–H and O–H groups in total. The summed E-state index contributed by atoms with van der Waals surface area (Å²) in [6.07, 6.45) is 5.83. The monoisotopic (exact) mass is 234 g/mol. The Balaban J connectivity index is 1.99. The van der Waals surface area contributed by atoms with Gasteiger partial charge in [0, 0.05) is 6.42 Å². The molecule has 0 saturated heterocycles. The number of aliphatic hydroxyl groups is 1. The molecule has 0 heterocycles. The summed E-state index contributed by atoms with van der Waals surface area (Å²) in [5.74, 6) is 1.56. The second kappa shape index (κ2) is 3.68. The number of Topliss-reactive ketones (excluding diaryl/α,β-unsaturated/α-hetero) is 1. The molecule has 0 bridgehead atoms.